The molecule has 1 rings (SSSR count). The maximum absolute atomic E-state index is 5.69. The van der Waals surface area contributed by atoms with Gasteiger partial charge in [-0.15, -0.1) is 10.2 Å². The first-order valence-electron chi connectivity index (χ1n) is 6.50. The number of methoxy groups -OCH3 is 1. The minimum atomic E-state index is 0.265. The first-order valence-corrected chi connectivity index (χ1v) is 6.50. The van der Waals surface area contributed by atoms with Crippen molar-refractivity contribution in [2.45, 2.75) is 47.2 Å². The van der Waals surface area contributed by atoms with E-state index in [1.807, 2.05) is 0 Å². The number of ether oxygens (including phenoxy) is 1. The first kappa shape index (κ1) is 15.1. The van der Waals surface area contributed by atoms with Crippen molar-refractivity contribution in [1.29, 1.82) is 0 Å². The van der Waals surface area contributed by atoms with Gasteiger partial charge in [0.15, 0.2) is 0 Å². The van der Waals surface area contributed by atoms with Crippen molar-refractivity contribution in [3.05, 3.63) is 11.6 Å². The summed E-state index contributed by atoms with van der Waals surface area (Å²) in [5.74, 6) is 2.38. The fourth-order valence-corrected chi connectivity index (χ4v) is 1.70. The van der Waals surface area contributed by atoms with Crippen molar-refractivity contribution in [2.24, 2.45) is 17.1 Å². The van der Waals surface area contributed by atoms with Crippen LogP contribution in [0, 0.1) is 11.3 Å². The van der Waals surface area contributed by atoms with Crippen molar-refractivity contribution in [3.63, 3.8) is 0 Å². The van der Waals surface area contributed by atoms with Crippen LogP contribution in [0.25, 0.3) is 0 Å². The average Bonchev–Trinajstić information content (AvgIpc) is 2.67. The zero-order valence-corrected chi connectivity index (χ0v) is 12.2. The van der Waals surface area contributed by atoms with E-state index in [0.29, 0.717) is 19.1 Å². The van der Waals surface area contributed by atoms with Crippen LogP contribution in [0.1, 0.15) is 39.3 Å². The Balaban J connectivity index is 2.84. The van der Waals surface area contributed by atoms with Gasteiger partial charge in [0.05, 0.1) is 13.2 Å². The first-order chi connectivity index (χ1) is 8.40. The fraction of sp³-hybridized carbons (Fsp3) is 0.846. The summed E-state index contributed by atoms with van der Waals surface area (Å²) in [4.78, 5) is 0. The maximum atomic E-state index is 5.69. The molecular weight excluding hydrogens is 228 g/mol. The lowest BCUT2D eigenvalue weighted by atomic mass is 9.80. The normalized spacial score (nSPS) is 13.9. The molecule has 0 aliphatic carbocycles. The van der Waals surface area contributed by atoms with Gasteiger partial charge in [-0.3, -0.25) is 0 Å². The Morgan fingerprint density at radius 2 is 1.89 bits per heavy atom. The molecule has 0 aliphatic heterocycles. The summed E-state index contributed by atoms with van der Waals surface area (Å²) in [6, 6.07) is 0. The third-order valence-electron chi connectivity index (χ3n) is 3.57. The second-order valence-electron chi connectivity index (χ2n) is 5.85. The highest BCUT2D eigenvalue weighted by molar-refractivity contribution is 4.98. The second-order valence-corrected chi connectivity index (χ2v) is 5.85. The molecule has 0 radical (unpaired) electrons. The van der Waals surface area contributed by atoms with Gasteiger partial charge in [0, 0.05) is 20.1 Å². The Morgan fingerprint density at radius 3 is 2.39 bits per heavy atom. The SMILES string of the molecule is COCCn1c(CN)nnc1CC(C)C(C)(C)C. The number of rotatable bonds is 6. The molecule has 104 valence electrons. The standard InChI is InChI=1S/C13H26N4O/c1-10(13(2,3)4)8-11-15-16-12(9-14)17(11)6-7-18-5/h10H,6-9,14H2,1-5H3. The quantitative estimate of drug-likeness (QED) is 0.837. The monoisotopic (exact) mass is 254 g/mol. The van der Waals surface area contributed by atoms with Gasteiger partial charge in [0.1, 0.15) is 11.6 Å². The molecule has 1 unspecified atom stereocenters. The molecule has 0 saturated carbocycles. The van der Waals surface area contributed by atoms with Gasteiger partial charge < -0.3 is 15.0 Å². The molecule has 1 heterocycles. The molecule has 0 bridgehead atoms. The van der Waals surface area contributed by atoms with Crippen molar-refractivity contribution < 1.29 is 4.74 Å². The molecule has 1 atom stereocenters. The van der Waals surface area contributed by atoms with Crippen molar-refractivity contribution in [3.8, 4) is 0 Å². The van der Waals surface area contributed by atoms with Crippen LogP contribution < -0.4 is 5.73 Å². The number of nitrogens with zero attached hydrogens (tertiary/aromatic N) is 3. The van der Waals surface area contributed by atoms with Gasteiger partial charge in [-0.05, 0) is 11.3 Å². The van der Waals surface area contributed by atoms with Crippen LogP contribution >= 0.6 is 0 Å². The minimum Gasteiger partial charge on any atom is -0.383 e. The number of aromatic nitrogens is 3. The predicted molar refractivity (Wildman–Crippen MR) is 72.1 cm³/mol. The lowest BCUT2D eigenvalue weighted by molar-refractivity contribution is 0.183. The summed E-state index contributed by atoms with van der Waals surface area (Å²) in [5, 5.41) is 8.43. The zero-order chi connectivity index (χ0) is 13.8. The third-order valence-corrected chi connectivity index (χ3v) is 3.57. The van der Waals surface area contributed by atoms with Crippen LogP contribution in [0.15, 0.2) is 0 Å². The molecule has 1 aromatic heterocycles. The smallest absolute Gasteiger partial charge is 0.146 e. The van der Waals surface area contributed by atoms with Crippen LogP contribution in [-0.4, -0.2) is 28.5 Å². The molecule has 0 saturated heterocycles. The summed E-state index contributed by atoms with van der Waals surface area (Å²) in [7, 11) is 1.70. The topological polar surface area (TPSA) is 66.0 Å². The zero-order valence-electron chi connectivity index (χ0n) is 12.2. The lowest BCUT2D eigenvalue weighted by Crippen LogP contribution is -2.22. The largest absolute Gasteiger partial charge is 0.383 e. The molecular formula is C13H26N4O. The fourth-order valence-electron chi connectivity index (χ4n) is 1.70. The van der Waals surface area contributed by atoms with Crippen LogP contribution in [0.5, 0.6) is 0 Å². The summed E-state index contributed by atoms with van der Waals surface area (Å²) >= 11 is 0. The van der Waals surface area contributed by atoms with Crippen molar-refractivity contribution >= 4 is 0 Å². The van der Waals surface area contributed by atoms with Gasteiger partial charge in [-0.1, -0.05) is 27.7 Å². The van der Waals surface area contributed by atoms with E-state index in [2.05, 4.69) is 42.5 Å². The minimum absolute atomic E-state index is 0.265. The molecule has 1 aromatic rings. The number of hydrogen-bond donors (Lipinski definition) is 1. The Labute approximate surface area is 110 Å². The molecule has 2 N–H and O–H groups in total. The molecule has 18 heavy (non-hydrogen) atoms. The molecule has 5 nitrogen and oxygen atoms in total. The Morgan fingerprint density at radius 1 is 1.28 bits per heavy atom. The van der Waals surface area contributed by atoms with Gasteiger partial charge in [-0.2, -0.15) is 0 Å². The van der Waals surface area contributed by atoms with E-state index in [-0.39, 0.29) is 5.41 Å². The summed E-state index contributed by atoms with van der Waals surface area (Å²) in [6.07, 6.45) is 0.917. The van der Waals surface area contributed by atoms with E-state index in [4.69, 9.17) is 10.5 Å². The van der Waals surface area contributed by atoms with E-state index < -0.39 is 0 Å². The molecule has 0 fully saturated rings. The lowest BCUT2D eigenvalue weighted by Gasteiger charge is -2.27. The highest BCUT2D eigenvalue weighted by atomic mass is 16.5. The summed E-state index contributed by atoms with van der Waals surface area (Å²) in [6.45, 7) is 10.8. The van der Waals surface area contributed by atoms with E-state index in [1.165, 1.54) is 0 Å². The summed E-state index contributed by atoms with van der Waals surface area (Å²) < 4.78 is 7.21. The Hall–Kier alpha value is -0.940. The van der Waals surface area contributed by atoms with Gasteiger partial charge in [0.2, 0.25) is 0 Å². The molecule has 0 aliphatic rings. The van der Waals surface area contributed by atoms with Crippen LogP contribution in [-0.2, 0) is 24.2 Å². The molecule has 0 amide bonds. The van der Waals surface area contributed by atoms with Gasteiger partial charge >= 0.3 is 0 Å². The highest BCUT2D eigenvalue weighted by Gasteiger charge is 2.23. The Bertz CT molecular complexity index is 368. The average molecular weight is 254 g/mol. The third kappa shape index (κ3) is 3.78. The van der Waals surface area contributed by atoms with E-state index in [0.717, 1.165) is 24.6 Å². The molecule has 5 heteroatoms. The highest BCUT2D eigenvalue weighted by Crippen LogP contribution is 2.28. The van der Waals surface area contributed by atoms with E-state index >= 15 is 0 Å². The van der Waals surface area contributed by atoms with Crippen LogP contribution in [0.3, 0.4) is 0 Å². The second kappa shape index (κ2) is 6.29. The maximum Gasteiger partial charge on any atom is 0.146 e. The summed E-state index contributed by atoms with van der Waals surface area (Å²) in [5.41, 5.74) is 5.95. The van der Waals surface area contributed by atoms with E-state index in [9.17, 15) is 0 Å². The van der Waals surface area contributed by atoms with Crippen LogP contribution in [0.4, 0.5) is 0 Å². The van der Waals surface area contributed by atoms with E-state index in [1.54, 1.807) is 7.11 Å². The van der Waals surface area contributed by atoms with Gasteiger partial charge in [-0.25, -0.2) is 0 Å². The number of hydrogen-bond acceptors (Lipinski definition) is 4. The van der Waals surface area contributed by atoms with Crippen LogP contribution in [0.2, 0.25) is 0 Å². The molecule has 0 spiro atoms. The van der Waals surface area contributed by atoms with Crippen molar-refractivity contribution in [1.82, 2.24) is 14.8 Å². The predicted octanol–water partition coefficient (Wildman–Crippen LogP) is 1.61. The van der Waals surface area contributed by atoms with Crippen molar-refractivity contribution in [2.75, 3.05) is 13.7 Å². The van der Waals surface area contributed by atoms with Gasteiger partial charge in [0.25, 0.3) is 0 Å². The molecule has 0 aromatic carbocycles. The number of nitrogens with two attached hydrogens (primary N) is 1. The Kier molecular flexibility index (Phi) is 5.28.